The number of ketones is 1. The van der Waals surface area contributed by atoms with E-state index in [-0.39, 0.29) is 12.0 Å². The lowest BCUT2D eigenvalue weighted by atomic mass is 10.1. The molecule has 1 rings (SSSR count). The summed E-state index contributed by atoms with van der Waals surface area (Å²) in [5.41, 5.74) is 0. The first-order valence-electron chi connectivity index (χ1n) is 4.96. The van der Waals surface area contributed by atoms with Gasteiger partial charge in [0.25, 0.3) is 0 Å². The van der Waals surface area contributed by atoms with Crippen LogP contribution in [-0.4, -0.2) is 42.9 Å². The van der Waals surface area contributed by atoms with E-state index in [0.717, 1.165) is 13.1 Å². The van der Waals surface area contributed by atoms with Crippen molar-refractivity contribution in [2.75, 3.05) is 20.2 Å². The Morgan fingerprint density at radius 3 is 2.57 bits per heavy atom. The van der Waals surface area contributed by atoms with E-state index in [4.69, 9.17) is 0 Å². The first kappa shape index (κ1) is 11.2. The van der Waals surface area contributed by atoms with Crippen molar-refractivity contribution < 1.29 is 14.3 Å². The Hall–Kier alpha value is -0.900. The maximum Gasteiger partial charge on any atom is 0.307 e. The quantitative estimate of drug-likeness (QED) is 0.624. The normalized spacial score (nSPS) is 20.6. The van der Waals surface area contributed by atoms with E-state index in [2.05, 4.69) is 9.64 Å². The third-order valence-electron chi connectivity index (χ3n) is 2.67. The minimum Gasteiger partial charge on any atom is -0.469 e. The first-order chi connectivity index (χ1) is 6.63. The van der Waals surface area contributed by atoms with Gasteiger partial charge in [-0.1, -0.05) is 0 Å². The van der Waals surface area contributed by atoms with Crippen LogP contribution < -0.4 is 0 Å². The predicted octanol–water partition coefficient (Wildman–Crippen LogP) is 0.603. The number of carbonyl (C=O) groups excluding carboxylic acids is 2. The van der Waals surface area contributed by atoms with Crippen molar-refractivity contribution in [3.63, 3.8) is 0 Å². The van der Waals surface area contributed by atoms with Gasteiger partial charge in [0.05, 0.1) is 13.5 Å². The van der Waals surface area contributed by atoms with E-state index in [1.165, 1.54) is 7.11 Å². The van der Waals surface area contributed by atoms with Gasteiger partial charge in [0, 0.05) is 32.0 Å². The fourth-order valence-corrected chi connectivity index (χ4v) is 1.67. The number of piperidine rings is 1. The Labute approximate surface area is 84.2 Å². The number of esters is 1. The van der Waals surface area contributed by atoms with Gasteiger partial charge >= 0.3 is 5.97 Å². The van der Waals surface area contributed by atoms with Crippen LogP contribution in [0.2, 0.25) is 0 Å². The van der Waals surface area contributed by atoms with Gasteiger partial charge in [-0.3, -0.25) is 14.5 Å². The van der Waals surface area contributed by atoms with E-state index in [0.29, 0.717) is 25.0 Å². The van der Waals surface area contributed by atoms with Crippen LogP contribution in [0.3, 0.4) is 0 Å². The molecule has 1 unspecified atom stereocenters. The zero-order valence-corrected chi connectivity index (χ0v) is 8.78. The van der Waals surface area contributed by atoms with Gasteiger partial charge in [-0.2, -0.15) is 0 Å². The van der Waals surface area contributed by atoms with Gasteiger partial charge in [0.2, 0.25) is 0 Å². The summed E-state index contributed by atoms with van der Waals surface area (Å²) in [4.78, 5) is 24.2. The fraction of sp³-hybridized carbons (Fsp3) is 0.800. The molecule has 80 valence electrons. The average molecular weight is 199 g/mol. The summed E-state index contributed by atoms with van der Waals surface area (Å²) in [6.07, 6.45) is 1.64. The molecule has 0 amide bonds. The number of hydrogen-bond donors (Lipinski definition) is 0. The summed E-state index contributed by atoms with van der Waals surface area (Å²) in [5.74, 6) is 0.140. The number of methoxy groups -OCH3 is 1. The van der Waals surface area contributed by atoms with Crippen molar-refractivity contribution in [3.05, 3.63) is 0 Å². The monoisotopic (exact) mass is 199 g/mol. The number of rotatable bonds is 3. The third kappa shape index (κ3) is 3.10. The lowest BCUT2D eigenvalue weighted by Gasteiger charge is -2.31. The van der Waals surface area contributed by atoms with Crippen LogP contribution in [0, 0.1) is 0 Å². The van der Waals surface area contributed by atoms with Crippen molar-refractivity contribution in [1.29, 1.82) is 0 Å². The van der Waals surface area contributed by atoms with E-state index in [1.807, 2.05) is 6.92 Å². The highest BCUT2D eigenvalue weighted by atomic mass is 16.5. The standard InChI is InChI=1S/C10H17NO3/c1-8(7-10(13)14-2)11-5-3-9(12)4-6-11/h8H,3-7H2,1-2H3. The van der Waals surface area contributed by atoms with Crippen molar-refractivity contribution in [2.24, 2.45) is 0 Å². The van der Waals surface area contributed by atoms with Crippen LogP contribution >= 0.6 is 0 Å². The highest BCUT2D eigenvalue weighted by Crippen LogP contribution is 2.12. The molecule has 0 aromatic heterocycles. The van der Waals surface area contributed by atoms with Crippen LogP contribution in [0.5, 0.6) is 0 Å². The van der Waals surface area contributed by atoms with E-state index >= 15 is 0 Å². The topological polar surface area (TPSA) is 46.6 Å². The minimum absolute atomic E-state index is 0.176. The summed E-state index contributed by atoms with van der Waals surface area (Å²) in [6, 6.07) is 0.176. The number of carbonyl (C=O) groups is 2. The van der Waals surface area contributed by atoms with E-state index < -0.39 is 0 Å². The number of likely N-dealkylation sites (tertiary alicyclic amines) is 1. The zero-order valence-electron chi connectivity index (χ0n) is 8.78. The molecule has 4 heteroatoms. The average Bonchev–Trinajstić information content (AvgIpc) is 2.18. The first-order valence-corrected chi connectivity index (χ1v) is 4.96. The van der Waals surface area contributed by atoms with Crippen molar-refractivity contribution in [1.82, 2.24) is 4.90 Å². The molecule has 1 atom stereocenters. The third-order valence-corrected chi connectivity index (χ3v) is 2.67. The van der Waals surface area contributed by atoms with Gasteiger partial charge < -0.3 is 4.74 Å². The Bertz CT molecular complexity index is 217. The molecule has 1 aliphatic heterocycles. The molecule has 4 nitrogen and oxygen atoms in total. The molecule has 0 aromatic rings. The Kier molecular flexibility index (Phi) is 4.07. The molecule has 0 radical (unpaired) electrons. The van der Waals surface area contributed by atoms with Gasteiger partial charge in [-0.05, 0) is 6.92 Å². The summed E-state index contributed by atoms with van der Waals surface area (Å²) in [5, 5.41) is 0. The lowest BCUT2D eigenvalue weighted by Crippen LogP contribution is -2.41. The molecule has 0 spiro atoms. The van der Waals surface area contributed by atoms with Gasteiger partial charge in [-0.15, -0.1) is 0 Å². The lowest BCUT2D eigenvalue weighted by molar-refractivity contribution is -0.142. The van der Waals surface area contributed by atoms with Crippen molar-refractivity contribution >= 4 is 11.8 Å². The number of nitrogens with zero attached hydrogens (tertiary/aromatic N) is 1. The maximum atomic E-state index is 11.0. The van der Waals surface area contributed by atoms with Crippen LogP contribution in [0.25, 0.3) is 0 Å². The second-order valence-electron chi connectivity index (χ2n) is 3.70. The largest absolute Gasteiger partial charge is 0.469 e. The molecule has 14 heavy (non-hydrogen) atoms. The van der Waals surface area contributed by atoms with E-state index in [1.54, 1.807) is 0 Å². The second kappa shape index (κ2) is 5.10. The molecule has 0 N–H and O–H groups in total. The van der Waals surface area contributed by atoms with E-state index in [9.17, 15) is 9.59 Å². The van der Waals surface area contributed by atoms with Crippen LogP contribution in [0.1, 0.15) is 26.2 Å². The van der Waals surface area contributed by atoms with Gasteiger partial charge in [-0.25, -0.2) is 0 Å². The number of hydrogen-bond acceptors (Lipinski definition) is 4. The fourth-order valence-electron chi connectivity index (χ4n) is 1.67. The summed E-state index contributed by atoms with van der Waals surface area (Å²) in [6.45, 7) is 3.54. The summed E-state index contributed by atoms with van der Waals surface area (Å²) in [7, 11) is 1.40. The SMILES string of the molecule is COC(=O)CC(C)N1CCC(=O)CC1. The Balaban J connectivity index is 2.33. The molecule has 1 saturated heterocycles. The molecule has 0 bridgehead atoms. The van der Waals surface area contributed by atoms with Gasteiger partial charge in [0.1, 0.15) is 5.78 Å². The molecular formula is C10H17NO3. The Morgan fingerprint density at radius 1 is 1.50 bits per heavy atom. The predicted molar refractivity (Wildman–Crippen MR) is 51.9 cm³/mol. The number of Topliss-reactive ketones (excluding diaryl/α,β-unsaturated/α-hetero) is 1. The van der Waals surface area contributed by atoms with Gasteiger partial charge in [0.15, 0.2) is 0 Å². The molecule has 1 heterocycles. The molecular weight excluding hydrogens is 182 g/mol. The summed E-state index contributed by atoms with van der Waals surface area (Å²) < 4.78 is 4.60. The maximum absolute atomic E-state index is 11.0. The smallest absolute Gasteiger partial charge is 0.307 e. The molecule has 0 aromatic carbocycles. The highest BCUT2D eigenvalue weighted by Gasteiger charge is 2.22. The Morgan fingerprint density at radius 2 is 2.07 bits per heavy atom. The van der Waals surface area contributed by atoms with Crippen LogP contribution in [-0.2, 0) is 14.3 Å². The molecule has 1 fully saturated rings. The number of ether oxygens (including phenoxy) is 1. The highest BCUT2D eigenvalue weighted by molar-refractivity contribution is 5.79. The molecule has 0 aliphatic carbocycles. The second-order valence-corrected chi connectivity index (χ2v) is 3.70. The molecule has 1 aliphatic rings. The van der Waals surface area contributed by atoms with Crippen LogP contribution in [0.4, 0.5) is 0 Å². The molecule has 0 saturated carbocycles. The van der Waals surface area contributed by atoms with Crippen LogP contribution in [0.15, 0.2) is 0 Å². The minimum atomic E-state index is -0.186. The zero-order chi connectivity index (χ0) is 10.6. The summed E-state index contributed by atoms with van der Waals surface area (Å²) >= 11 is 0. The van der Waals surface area contributed by atoms with Crippen molar-refractivity contribution in [2.45, 2.75) is 32.2 Å². The van der Waals surface area contributed by atoms with Crippen molar-refractivity contribution in [3.8, 4) is 0 Å².